The first-order valence-corrected chi connectivity index (χ1v) is 6.78. The van der Waals surface area contributed by atoms with Crippen LogP contribution >= 0.6 is 0 Å². The van der Waals surface area contributed by atoms with Crippen LogP contribution in [0.1, 0.15) is 33.1 Å². The second-order valence-electron chi connectivity index (χ2n) is 4.09. The van der Waals surface area contributed by atoms with E-state index in [2.05, 4.69) is 24.1 Å². The van der Waals surface area contributed by atoms with Gasteiger partial charge in [0.05, 0.1) is 13.2 Å². The number of aromatic nitrogens is 1. The summed E-state index contributed by atoms with van der Waals surface area (Å²) in [6.07, 6.45) is 5.05. The van der Waals surface area contributed by atoms with Gasteiger partial charge in [-0.2, -0.15) is 0 Å². The quantitative estimate of drug-likeness (QED) is 0.650. The van der Waals surface area contributed by atoms with E-state index >= 15 is 0 Å². The van der Waals surface area contributed by atoms with E-state index < -0.39 is 0 Å². The Labute approximate surface area is 110 Å². The van der Waals surface area contributed by atoms with Gasteiger partial charge in [0.25, 0.3) is 0 Å². The number of hydrogen-bond acceptors (Lipinski definition) is 4. The van der Waals surface area contributed by atoms with E-state index in [9.17, 15) is 0 Å². The van der Waals surface area contributed by atoms with Gasteiger partial charge in [0.2, 0.25) is 0 Å². The first-order valence-electron chi connectivity index (χ1n) is 6.78. The predicted molar refractivity (Wildman–Crippen MR) is 74.2 cm³/mol. The van der Waals surface area contributed by atoms with E-state index in [1.165, 1.54) is 6.42 Å². The van der Waals surface area contributed by atoms with Gasteiger partial charge in [-0.25, -0.2) is 4.98 Å². The molecule has 0 spiro atoms. The van der Waals surface area contributed by atoms with E-state index in [-0.39, 0.29) is 0 Å². The van der Waals surface area contributed by atoms with Crippen molar-refractivity contribution >= 4 is 5.82 Å². The van der Waals surface area contributed by atoms with Gasteiger partial charge < -0.3 is 14.8 Å². The van der Waals surface area contributed by atoms with E-state index in [4.69, 9.17) is 9.47 Å². The zero-order chi connectivity index (χ0) is 13.1. The average Bonchev–Trinajstić information content (AvgIpc) is 2.41. The lowest BCUT2D eigenvalue weighted by atomic mass is 10.4. The van der Waals surface area contributed by atoms with Crippen LogP contribution in [0.25, 0.3) is 0 Å². The van der Waals surface area contributed by atoms with Crippen molar-refractivity contribution in [2.75, 3.05) is 31.7 Å². The smallest absolute Gasteiger partial charge is 0.168 e. The molecule has 0 amide bonds. The minimum atomic E-state index is 0.698. The molecule has 0 radical (unpaired) electrons. The number of hydrogen-bond donors (Lipinski definition) is 1. The Morgan fingerprint density at radius 2 is 2.06 bits per heavy atom. The maximum absolute atomic E-state index is 5.62. The second-order valence-corrected chi connectivity index (χ2v) is 4.09. The molecule has 1 aromatic heterocycles. The molecule has 18 heavy (non-hydrogen) atoms. The van der Waals surface area contributed by atoms with Gasteiger partial charge in [-0.1, -0.05) is 20.3 Å². The minimum absolute atomic E-state index is 0.698. The summed E-state index contributed by atoms with van der Waals surface area (Å²) in [4.78, 5) is 4.27. The summed E-state index contributed by atoms with van der Waals surface area (Å²) in [5.74, 6) is 1.61. The number of rotatable bonds is 10. The highest BCUT2D eigenvalue weighted by Gasteiger charge is 2.02. The molecule has 0 fully saturated rings. The highest BCUT2D eigenvalue weighted by molar-refractivity contribution is 5.49. The standard InChI is InChI=1S/C14H24N2O2/c1-3-5-11-17-12-9-16-14-13(18-10-4-2)7-6-8-15-14/h6-8H,3-5,9-12H2,1-2H3,(H,15,16). The molecule has 0 atom stereocenters. The van der Waals surface area contributed by atoms with Crippen molar-refractivity contribution in [2.24, 2.45) is 0 Å². The highest BCUT2D eigenvalue weighted by atomic mass is 16.5. The molecule has 4 nitrogen and oxygen atoms in total. The zero-order valence-electron chi connectivity index (χ0n) is 11.4. The molecule has 4 heteroatoms. The van der Waals surface area contributed by atoms with Crippen LogP contribution in [0.4, 0.5) is 5.82 Å². The Bertz CT molecular complexity index is 318. The molecule has 1 N–H and O–H groups in total. The Morgan fingerprint density at radius 3 is 2.83 bits per heavy atom. The Morgan fingerprint density at radius 1 is 1.17 bits per heavy atom. The van der Waals surface area contributed by atoms with Crippen molar-refractivity contribution < 1.29 is 9.47 Å². The van der Waals surface area contributed by atoms with Gasteiger partial charge in [0, 0.05) is 19.3 Å². The maximum atomic E-state index is 5.62. The molecule has 0 bridgehead atoms. The summed E-state index contributed by atoms with van der Waals surface area (Å²) in [5.41, 5.74) is 0. The SMILES string of the molecule is CCCCOCCNc1ncccc1OCCC. The van der Waals surface area contributed by atoms with Crippen molar-refractivity contribution in [2.45, 2.75) is 33.1 Å². The van der Waals surface area contributed by atoms with Gasteiger partial charge in [-0.05, 0) is 25.0 Å². The molecule has 1 heterocycles. The highest BCUT2D eigenvalue weighted by Crippen LogP contribution is 2.20. The molecule has 1 aromatic rings. The lowest BCUT2D eigenvalue weighted by molar-refractivity contribution is 0.141. The van der Waals surface area contributed by atoms with Crippen LogP contribution < -0.4 is 10.1 Å². The van der Waals surface area contributed by atoms with Crippen molar-refractivity contribution in [1.82, 2.24) is 4.98 Å². The molecule has 0 aromatic carbocycles. The first kappa shape index (κ1) is 14.8. The number of nitrogens with one attached hydrogen (secondary N) is 1. The molecular weight excluding hydrogens is 228 g/mol. The number of ether oxygens (including phenoxy) is 2. The first-order chi connectivity index (χ1) is 8.88. The van der Waals surface area contributed by atoms with Crippen LogP contribution in [-0.2, 0) is 4.74 Å². The van der Waals surface area contributed by atoms with Crippen LogP contribution in [0, 0.1) is 0 Å². The van der Waals surface area contributed by atoms with Gasteiger partial charge in [0.1, 0.15) is 0 Å². The molecular formula is C14H24N2O2. The summed E-state index contributed by atoms with van der Waals surface area (Å²) in [5, 5.41) is 3.24. The second kappa shape index (κ2) is 9.71. The predicted octanol–water partition coefficient (Wildman–Crippen LogP) is 3.10. The fourth-order valence-corrected chi connectivity index (χ4v) is 1.44. The minimum Gasteiger partial charge on any atom is -0.490 e. The largest absolute Gasteiger partial charge is 0.490 e. The third-order valence-electron chi connectivity index (χ3n) is 2.41. The summed E-state index contributed by atoms with van der Waals surface area (Å²) in [7, 11) is 0. The normalized spacial score (nSPS) is 10.3. The molecule has 0 aliphatic heterocycles. The number of nitrogens with zero attached hydrogens (tertiary/aromatic N) is 1. The van der Waals surface area contributed by atoms with Gasteiger partial charge in [-0.15, -0.1) is 0 Å². The third-order valence-corrected chi connectivity index (χ3v) is 2.41. The zero-order valence-corrected chi connectivity index (χ0v) is 11.4. The number of unbranched alkanes of at least 4 members (excludes halogenated alkanes) is 1. The van der Waals surface area contributed by atoms with Crippen molar-refractivity contribution in [3.63, 3.8) is 0 Å². The summed E-state index contributed by atoms with van der Waals surface area (Å²) < 4.78 is 11.1. The molecule has 0 unspecified atom stereocenters. The fourth-order valence-electron chi connectivity index (χ4n) is 1.44. The summed E-state index contributed by atoms with van der Waals surface area (Å²) >= 11 is 0. The third kappa shape index (κ3) is 5.87. The van der Waals surface area contributed by atoms with Crippen LogP contribution in [-0.4, -0.2) is 31.3 Å². The number of anilines is 1. The van der Waals surface area contributed by atoms with Crippen LogP contribution in [0.3, 0.4) is 0 Å². The average molecular weight is 252 g/mol. The maximum Gasteiger partial charge on any atom is 0.168 e. The lowest BCUT2D eigenvalue weighted by Gasteiger charge is -2.11. The Balaban J connectivity index is 2.27. The Kier molecular flexibility index (Phi) is 7.97. The Hall–Kier alpha value is -1.29. The van der Waals surface area contributed by atoms with E-state index in [0.717, 1.165) is 37.6 Å². The van der Waals surface area contributed by atoms with Crippen LogP contribution in [0.2, 0.25) is 0 Å². The van der Waals surface area contributed by atoms with Gasteiger partial charge >= 0.3 is 0 Å². The van der Waals surface area contributed by atoms with E-state index in [1.807, 2.05) is 12.1 Å². The van der Waals surface area contributed by atoms with Crippen molar-refractivity contribution in [1.29, 1.82) is 0 Å². The van der Waals surface area contributed by atoms with E-state index in [0.29, 0.717) is 13.2 Å². The molecule has 1 rings (SSSR count). The molecule has 0 saturated heterocycles. The van der Waals surface area contributed by atoms with Crippen LogP contribution in [0.5, 0.6) is 5.75 Å². The van der Waals surface area contributed by atoms with Gasteiger partial charge in [-0.3, -0.25) is 0 Å². The van der Waals surface area contributed by atoms with Crippen molar-refractivity contribution in [3.8, 4) is 5.75 Å². The van der Waals surface area contributed by atoms with Crippen molar-refractivity contribution in [3.05, 3.63) is 18.3 Å². The molecule has 0 saturated carbocycles. The topological polar surface area (TPSA) is 43.4 Å². The molecule has 0 aliphatic rings. The molecule has 0 aliphatic carbocycles. The van der Waals surface area contributed by atoms with E-state index in [1.54, 1.807) is 6.20 Å². The summed E-state index contributed by atoms with van der Waals surface area (Å²) in [6, 6.07) is 3.82. The monoisotopic (exact) mass is 252 g/mol. The van der Waals surface area contributed by atoms with Gasteiger partial charge in [0.15, 0.2) is 11.6 Å². The fraction of sp³-hybridized carbons (Fsp3) is 0.643. The van der Waals surface area contributed by atoms with Crippen LogP contribution in [0.15, 0.2) is 18.3 Å². The lowest BCUT2D eigenvalue weighted by Crippen LogP contribution is -2.12. The summed E-state index contributed by atoms with van der Waals surface area (Å²) in [6.45, 7) is 7.25. The number of pyridine rings is 1. The molecule has 102 valence electrons.